The average molecular weight is 245 g/mol. The Balaban J connectivity index is 2.10. The van der Waals surface area contributed by atoms with Gasteiger partial charge in [-0.1, -0.05) is 0 Å². The second kappa shape index (κ2) is 4.49. The molecule has 0 spiro atoms. The topological polar surface area (TPSA) is 132 Å². The van der Waals surface area contributed by atoms with Crippen LogP contribution in [0.5, 0.6) is 0 Å². The van der Waals surface area contributed by atoms with Gasteiger partial charge in [0, 0.05) is 6.20 Å². The van der Waals surface area contributed by atoms with Crippen LogP contribution in [0.4, 0.5) is 0 Å². The quantitative estimate of drug-likeness (QED) is 0.362. The van der Waals surface area contributed by atoms with Crippen LogP contribution in [0.25, 0.3) is 0 Å². The van der Waals surface area contributed by atoms with E-state index in [1.165, 1.54) is 11.1 Å². The molecular formula is C9H15N3O5. The number of aliphatic hydroxyl groups is 4. The molecule has 2 aliphatic heterocycles. The highest BCUT2D eigenvalue weighted by molar-refractivity contribution is 5.94. The molecule has 0 aromatic heterocycles. The van der Waals surface area contributed by atoms with Gasteiger partial charge < -0.3 is 35.8 Å². The molecule has 0 bridgehead atoms. The van der Waals surface area contributed by atoms with E-state index in [9.17, 15) is 15.3 Å². The zero-order valence-corrected chi connectivity index (χ0v) is 8.97. The Morgan fingerprint density at radius 3 is 2.71 bits per heavy atom. The molecule has 2 aliphatic rings. The third-order valence-electron chi connectivity index (χ3n) is 2.80. The molecule has 0 amide bonds. The van der Waals surface area contributed by atoms with Crippen LogP contribution in [0.2, 0.25) is 0 Å². The van der Waals surface area contributed by atoms with Crippen LogP contribution < -0.4 is 5.73 Å². The highest BCUT2D eigenvalue weighted by atomic mass is 16.6. The highest BCUT2D eigenvalue weighted by Crippen LogP contribution is 2.25. The summed E-state index contributed by atoms with van der Waals surface area (Å²) in [7, 11) is 0. The number of hydrogen-bond donors (Lipinski definition) is 5. The van der Waals surface area contributed by atoms with E-state index in [0.717, 1.165) is 0 Å². The number of hydrogen-bond acceptors (Lipinski definition) is 8. The van der Waals surface area contributed by atoms with Crippen molar-refractivity contribution in [3.8, 4) is 0 Å². The molecule has 0 saturated carbocycles. The maximum atomic E-state index is 9.75. The number of amidine groups is 1. The van der Waals surface area contributed by atoms with Crippen molar-refractivity contribution in [1.29, 1.82) is 0 Å². The van der Waals surface area contributed by atoms with Crippen molar-refractivity contribution in [2.24, 2.45) is 10.7 Å². The van der Waals surface area contributed by atoms with Crippen LogP contribution >= 0.6 is 0 Å². The van der Waals surface area contributed by atoms with E-state index in [2.05, 4.69) is 4.99 Å². The van der Waals surface area contributed by atoms with Gasteiger partial charge in [-0.15, -0.1) is 0 Å². The molecule has 8 heteroatoms. The Morgan fingerprint density at radius 2 is 2.18 bits per heavy atom. The molecular weight excluding hydrogens is 230 g/mol. The predicted octanol–water partition coefficient (Wildman–Crippen LogP) is -2.54. The molecule has 1 saturated heterocycles. The van der Waals surface area contributed by atoms with Gasteiger partial charge in [-0.05, 0) is 0 Å². The minimum absolute atomic E-state index is 0.00740. The van der Waals surface area contributed by atoms with Crippen LogP contribution in [-0.4, -0.2) is 69.0 Å². The lowest BCUT2D eigenvalue weighted by molar-refractivity contribution is -0.0801. The molecule has 6 N–H and O–H groups in total. The van der Waals surface area contributed by atoms with Crippen molar-refractivity contribution in [3.63, 3.8) is 0 Å². The highest BCUT2D eigenvalue weighted by Gasteiger charge is 2.45. The zero-order valence-electron chi connectivity index (χ0n) is 8.97. The summed E-state index contributed by atoms with van der Waals surface area (Å²) in [6.07, 6.45) is -2.81. The maximum absolute atomic E-state index is 9.75. The Hall–Kier alpha value is -1.35. The predicted molar refractivity (Wildman–Crippen MR) is 56.8 cm³/mol. The largest absolute Gasteiger partial charge is 0.503 e. The second-order valence-electron chi connectivity index (χ2n) is 3.94. The monoisotopic (exact) mass is 245 g/mol. The van der Waals surface area contributed by atoms with E-state index in [1.807, 2.05) is 0 Å². The van der Waals surface area contributed by atoms with Crippen molar-refractivity contribution in [2.75, 3.05) is 13.3 Å². The second-order valence-corrected chi connectivity index (χ2v) is 3.94. The number of aliphatic imine (C=N–C) groups is 1. The first kappa shape index (κ1) is 12.1. The SMILES string of the molecule is NC1=NCN(C2O[C@H](CO)[C@@H](O)[C@H]2O)C=C1O. The van der Waals surface area contributed by atoms with Gasteiger partial charge in [0.1, 0.15) is 25.0 Å². The van der Waals surface area contributed by atoms with Gasteiger partial charge in [0.05, 0.1) is 6.61 Å². The van der Waals surface area contributed by atoms with E-state index >= 15 is 0 Å². The number of ether oxygens (including phenoxy) is 1. The molecule has 2 rings (SSSR count). The summed E-state index contributed by atoms with van der Waals surface area (Å²) < 4.78 is 5.27. The molecule has 4 atom stereocenters. The van der Waals surface area contributed by atoms with Gasteiger partial charge in [0.2, 0.25) is 0 Å². The number of nitrogens with two attached hydrogens (primary N) is 1. The average Bonchev–Trinajstić information content (AvgIpc) is 2.60. The normalized spacial score (nSPS) is 37.9. The molecule has 8 nitrogen and oxygen atoms in total. The smallest absolute Gasteiger partial charge is 0.173 e. The van der Waals surface area contributed by atoms with Gasteiger partial charge in [-0.25, -0.2) is 4.99 Å². The van der Waals surface area contributed by atoms with Crippen molar-refractivity contribution >= 4 is 5.84 Å². The molecule has 17 heavy (non-hydrogen) atoms. The van der Waals surface area contributed by atoms with Crippen LogP contribution in [0.3, 0.4) is 0 Å². The Kier molecular flexibility index (Phi) is 3.20. The van der Waals surface area contributed by atoms with E-state index < -0.39 is 31.1 Å². The first-order valence-corrected chi connectivity index (χ1v) is 5.14. The van der Waals surface area contributed by atoms with E-state index in [0.29, 0.717) is 0 Å². The molecule has 96 valence electrons. The van der Waals surface area contributed by atoms with Gasteiger partial charge in [-0.3, -0.25) is 0 Å². The summed E-state index contributed by atoms with van der Waals surface area (Å²) in [5.41, 5.74) is 5.37. The fourth-order valence-corrected chi connectivity index (χ4v) is 1.81. The lowest BCUT2D eigenvalue weighted by atomic mass is 10.1. The third-order valence-corrected chi connectivity index (χ3v) is 2.80. The van der Waals surface area contributed by atoms with Gasteiger partial charge in [0.15, 0.2) is 17.8 Å². The third kappa shape index (κ3) is 2.07. The molecule has 1 unspecified atom stereocenters. The molecule has 0 radical (unpaired) electrons. The fourth-order valence-electron chi connectivity index (χ4n) is 1.81. The maximum Gasteiger partial charge on any atom is 0.173 e. The Bertz CT molecular complexity index is 359. The van der Waals surface area contributed by atoms with Crippen LogP contribution in [0, 0.1) is 0 Å². The van der Waals surface area contributed by atoms with Crippen LogP contribution in [0.15, 0.2) is 17.0 Å². The summed E-state index contributed by atoms with van der Waals surface area (Å²) in [5, 5.41) is 37.7. The summed E-state index contributed by atoms with van der Waals surface area (Å²) >= 11 is 0. The van der Waals surface area contributed by atoms with Crippen LogP contribution in [-0.2, 0) is 4.74 Å². The number of aliphatic hydroxyl groups excluding tert-OH is 4. The summed E-state index contributed by atoms with van der Waals surface area (Å²) in [6, 6.07) is 0. The lowest BCUT2D eigenvalue weighted by Crippen LogP contribution is -2.43. The number of rotatable bonds is 2. The first-order valence-electron chi connectivity index (χ1n) is 5.14. The molecule has 2 heterocycles. The van der Waals surface area contributed by atoms with Gasteiger partial charge in [-0.2, -0.15) is 0 Å². The molecule has 0 aliphatic carbocycles. The standard InChI is InChI=1S/C9H15N3O5/c10-8-4(14)1-12(3-11-8)9-7(16)6(15)5(2-13)17-9/h1,5-7,9,13-16H,2-3H2,(H2,10,11)/t5-,6-,7-,9?/m1/s1. The molecule has 0 aromatic carbocycles. The summed E-state index contributed by atoms with van der Waals surface area (Å²) in [5.74, 6) is -0.220. The Labute approximate surface area is 97.2 Å². The van der Waals surface area contributed by atoms with Crippen molar-refractivity contribution < 1.29 is 25.2 Å². The summed E-state index contributed by atoms with van der Waals surface area (Å²) in [4.78, 5) is 5.21. The van der Waals surface area contributed by atoms with Crippen LogP contribution in [0.1, 0.15) is 0 Å². The van der Waals surface area contributed by atoms with E-state index in [4.69, 9.17) is 15.6 Å². The van der Waals surface area contributed by atoms with Gasteiger partial charge >= 0.3 is 0 Å². The van der Waals surface area contributed by atoms with E-state index in [-0.39, 0.29) is 18.3 Å². The lowest BCUT2D eigenvalue weighted by Gasteiger charge is -2.29. The molecule has 1 fully saturated rings. The summed E-state index contributed by atoms with van der Waals surface area (Å²) in [6.45, 7) is -0.299. The number of nitrogens with zero attached hydrogens (tertiary/aromatic N) is 2. The van der Waals surface area contributed by atoms with E-state index in [1.54, 1.807) is 0 Å². The first-order chi connectivity index (χ1) is 8.04. The van der Waals surface area contributed by atoms with Crippen molar-refractivity contribution in [2.45, 2.75) is 24.5 Å². The fraction of sp³-hybridized carbons (Fsp3) is 0.667. The van der Waals surface area contributed by atoms with Gasteiger partial charge in [0.25, 0.3) is 0 Å². The Morgan fingerprint density at radius 1 is 1.47 bits per heavy atom. The minimum Gasteiger partial charge on any atom is -0.503 e. The van der Waals surface area contributed by atoms with Crippen molar-refractivity contribution in [3.05, 3.63) is 12.0 Å². The molecule has 0 aromatic rings. The van der Waals surface area contributed by atoms with Crippen molar-refractivity contribution in [1.82, 2.24) is 4.90 Å². The minimum atomic E-state index is -1.19. The zero-order chi connectivity index (χ0) is 12.6.